The standard InChI is InChI=1S/C7H15NO2/c1-8-5-3-2-4-6(9)7(5)10/h5-10H,2-4H2,1H3/t5-,6-,7-/m1/s1. The topological polar surface area (TPSA) is 52.5 Å². The predicted molar refractivity (Wildman–Crippen MR) is 38.7 cm³/mol. The SMILES string of the molecule is CN[C@@H]1CCC[C@@H](O)[C@@H]1O. The van der Waals surface area contributed by atoms with Gasteiger partial charge < -0.3 is 15.5 Å². The second-order valence-electron chi connectivity index (χ2n) is 2.88. The molecule has 1 saturated carbocycles. The van der Waals surface area contributed by atoms with Crippen molar-refractivity contribution in [2.75, 3.05) is 7.05 Å². The fourth-order valence-corrected chi connectivity index (χ4v) is 1.47. The molecule has 0 aromatic heterocycles. The lowest BCUT2D eigenvalue weighted by Crippen LogP contribution is -2.47. The first-order chi connectivity index (χ1) is 4.75. The van der Waals surface area contributed by atoms with Gasteiger partial charge in [0, 0.05) is 6.04 Å². The number of rotatable bonds is 1. The van der Waals surface area contributed by atoms with Gasteiger partial charge in [0.2, 0.25) is 0 Å². The molecule has 0 amide bonds. The summed E-state index contributed by atoms with van der Waals surface area (Å²) in [5.41, 5.74) is 0. The largest absolute Gasteiger partial charge is 0.390 e. The molecule has 0 spiro atoms. The number of likely N-dealkylation sites (N-methyl/N-ethyl adjacent to an activating group) is 1. The summed E-state index contributed by atoms with van der Waals surface area (Å²) in [4.78, 5) is 0. The van der Waals surface area contributed by atoms with Gasteiger partial charge in [-0.3, -0.25) is 0 Å². The molecular formula is C7H15NO2. The molecule has 10 heavy (non-hydrogen) atoms. The quantitative estimate of drug-likeness (QED) is 0.465. The molecule has 0 bridgehead atoms. The van der Waals surface area contributed by atoms with Crippen LogP contribution in [0.2, 0.25) is 0 Å². The molecule has 0 aliphatic heterocycles. The maximum Gasteiger partial charge on any atom is 0.0951 e. The summed E-state index contributed by atoms with van der Waals surface area (Å²) in [6.45, 7) is 0. The van der Waals surface area contributed by atoms with Crippen molar-refractivity contribution in [3.05, 3.63) is 0 Å². The van der Waals surface area contributed by atoms with E-state index in [0.29, 0.717) is 0 Å². The molecule has 1 rings (SSSR count). The predicted octanol–water partition coefficient (Wildman–Crippen LogP) is -0.520. The average molecular weight is 145 g/mol. The first kappa shape index (κ1) is 7.98. The van der Waals surface area contributed by atoms with Crippen molar-refractivity contribution < 1.29 is 10.2 Å². The van der Waals surface area contributed by atoms with Crippen LogP contribution >= 0.6 is 0 Å². The van der Waals surface area contributed by atoms with Crippen molar-refractivity contribution in [2.24, 2.45) is 0 Å². The van der Waals surface area contributed by atoms with Crippen molar-refractivity contribution in [3.8, 4) is 0 Å². The Balaban J connectivity index is 2.42. The van der Waals surface area contributed by atoms with Crippen LogP contribution in [0.3, 0.4) is 0 Å². The maximum absolute atomic E-state index is 9.32. The van der Waals surface area contributed by atoms with Crippen LogP contribution in [0, 0.1) is 0 Å². The zero-order chi connectivity index (χ0) is 7.56. The van der Waals surface area contributed by atoms with Crippen molar-refractivity contribution in [3.63, 3.8) is 0 Å². The van der Waals surface area contributed by atoms with Crippen LogP contribution in [-0.4, -0.2) is 35.5 Å². The fourth-order valence-electron chi connectivity index (χ4n) is 1.47. The molecule has 1 aliphatic carbocycles. The zero-order valence-corrected chi connectivity index (χ0v) is 6.25. The number of hydrogen-bond donors (Lipinski definition) is 3. The monoisotopic (exact) mass is 145 g/mol. The highest BCUT2D eigenvalue weighted by Gasteiger charge is 2.28. The first-order valence-electron chi connectivity index (χ1n) is 3.79. The highest BCUT2D eigenvalue weighted by Crippen LogP contribution is 2.18. The van der Waals surface area contributed by atoms with E-state index in [-0.39, 0.29) is 6.04 Å². The summed E-state index contributed by atoms with van der Waals surface area (Å²) in [6, 6.07) is 0.0868. The van der Waals surface area contributed by atoms with Gasteiger partial charge >= 0.3 is 0 Å². The molecule has 0 radical (unpaired) electrons. The molecule has 0 heterocycles. The number of nitrogens with one attached hydrogen (secondary N) is 1. The van der Waals surface area contributed by atoms with E-state index in [1.807, 2.05) is 7.05 Å². The maximum atomic E-state index is 9.32. The lowest BCUT2D eigenvalue weighted by atomic mass is 9.90. The van der Waals surface area contributed by atoms with E-state index in [1.165, 1.54) is 0 Å². The molecule has 0 saturated heterocycles. The van der Waals surface area contributed by atoms with Crippen molar-refractivity contribution in [1.29, 1.82) is 0 Å². The summed E-state index contributed by atoms with van der Waals surface area (Å²) in [7, 11) is 1.81. The average Bonchev–Trinajstić information content (AvgIpc) is 1.95. The second-order valence-corrected chi connectivity index (χ2v) is 2.88. The molecule has 1 fully saturated rings. The summed E-state index contributed by atoms with van der Waals surface area (Å²) in [5.74, 6) is 0. The van der Waals surface area contributed by atoms with Crippen molar-refractivity contribution in [1.82, 2.24) is 5.32 Å². The van der Waals surface area contributed by atoms with Crippen LogP contribution in [0.25, 0.3) is 0 Å². The highest BCUT2D eigenvalue weighted by molar-refractivity contribution is 4.85. The molecule has 0 unspecified atom stereocenters. The normalized spacial score (nSPS) is 41.7. The Kier molecular flexibility index (Phi) is 2.65. The molecule has 3 atom stereocenters. The van der Waals surface area contributed by atoms with E-state index in [0.717, 1.165) is 19.3 Å². The summed E-state index contributed by atoms with van der Waals surface area (Å²) >= 11 is 0. The zero-order valence-electron chi connectivity index (χ0n) is 6.25. The Morgan fingerprint density at radius 1 is 1.30 bits per heavy atom. The van der Waals surface area contributed by atoms with Crippen LogP contribution in [0.1, 0.15) is 19.3 Å². The van der Waals surface area contributed by atoms with Crippen LogP contribution in [0.5, 0.6) is 0 Å². The minimum Gasteiger partial charge on any atom is -0.390 e. The van der Waals surface area contributed by atoms with Gasteiger partial charge in [-0.05, 0) is 26.3 Å². The van der Waals surface area contributed by atoms with E-state index < -0.39 is 12.2 Å². The molecule has 0 aromatic carbocycles. The third-order valence-electron chi connectivity index (χ3n) is 2.19. The molecule has 3 heteroatoms. The van der Waals surface area contributed by atoms with Gasteiger partial charge in [0.1, 0.15) is 0 Å². The lowest BCUT2D eigenvalue weighted by molar-refractivity contribution is -0.0276. The Morgan fingerprint density at radius 3 is 2.50 bits per heavy atom. The van der Waals surface area contributed by atoms with Gasteiger partial charge in [-0.2, -0.15) is 0 Å². The Bertz CT molecular complexity index is 108. The van der Waals surface area contributed by atoms with Gasteiger partial charge in [-0.25, -0.2) is 0 Å². The fraction of sp³-hybridized carbons (Fsp3) is 1.00. The number of aliphatic hydroxyl groups is 2. The van der Waals surface area contributed by atoms with Gasteiger partial charge in [-0.15, -0.1) is 0 Å². The van der Waals surface area contributed by atoms with Crippen LogP contribution in [0.4, 0.5) is 0 Å². The summed E-state index contributed by atoms with van der Waals surface area (Å²) in [6.07, 6.45) is 1.61. The number of aliphatic hydroxyl groups excluding tert-OH is 2. The van der Waals surface area contributed by atoms with E-state index in [2.05, 4.69) is 5.32 Å². The second kappa shape index (κ2) is 3.32. The third kappa shape index (κ3) is 1.48. The number of hydrogen-bond acceptors (Lipinski definition) is 3. The molecule has 1 aliphatic rings. The summed E-state index contributed by atoms with van der Waals surface area (Å²) < 4.78 is 0. The van der Waals surface area contributed by atoms with E-state index in [4.69, 9.17) is 0 Å². The van der Waals surface area contributed by atoms with Crippen LogP contribution in [0.15, 0.2) is 0 Å². The minimum atomic E-state index is -0.571. The van der Waals surface area contributed by atoms with Crippen LogP contribution < -0.4 is 5.32 Å². The Morgan fingerprint density at radius 2 is 2.00 bits per heavy atom. The third-order valence-corrected chi connectivity index (χ3v) is 2.19. The molecule has 3 N–H and O–H groups in total. The van der Waals surface area contributed by atoms with Gasteiger partial charge in [0.25, 0.3) is 0 Å². The highest BCUT2D eigenvalue weighted by atomic mass is 16.3. The van der Waals surface area contributed by atoms with Gasteiger partial charge in [-0.1, -0.05) is 0 Å². The minimum absolute atomic E-state index is 0.0868. The molecular weight excluding hydrogens is 130 g/mol. The van der Waals surface area contributed by atoms with E-state index >= 15 is 0 Å². The first-order valence-corrected chi connectivity index (χ1v) is 3.79. The Hall–Kier alpha value is -0.120. The van der Waals surface area contributed by atoms with Crippen LogP contribution in [-0.2, 0) is 0 Å². The lowest BCUT2D eigenvalue weighted by Gasteiger charge is -2.31. The molecule has 0 aromatic rings. The summed E-state index contributed by atoms with van der Waals surface area (Å²) in [5, 5.41) is 21.5. The molecule has 3 nitrogen and oxygen atoms in total. The van der Waals surface area contributed by atoms with E-state index in [9.17, 15) is 10.2 Å². The van der Waals surface area contributed by atoms with Gasteiger partial charge in [0.15, 0.2) is 0 Å². The van der Waals surface area contributed by atoms with E-state index in [1.54, 1.807) is 0 Å². The van der Waals surface area contributed by atoms with Gasteiger partial charge in [0.05, 0.1) is 12.2 Å². The smallest absolute Gasteiger partial charge is 0.0951 e. The van der Waals surface area contributed by atoms with Crippen molar-refractivity contribution in [2.45, 2.75) is 37.5 Å². The van der Waals surface area contributed by atoms with Crippen molar-refractivity contribution >= 4 is 0 Å². The Labute approximate surface area is 61.1 Å². The molecule has 60 valence electrons.